The monoisotopic (exact) mass is 150 g/mol. The van der Waals surface area contributed by atoms with E-state index in [1.165, 1.54) is 0 Å². The molecule has 0 radical (unpaired) electrons. The van der Waals surface area contributed by atoms with Gasteiger partial charge in [-0.05, 0) is 5.92 Å². The molecule has 0 aromatic carbocycles. The van der Waals surface area contributed by atoms with Crippen molar-refractivity contribution in [2.75, 3.05) is 0 Å². The molecule has 0 aromatic rings. The van der Waals surface area contributed by atoms with E-state index in [1.807, 2.05) is 6.92 Å². The molecule has 0 amide bonds. The van der Waals surface area contributed by atoms with Crippen LogP contribution in [0.2, 0.25) is 0 Å². The van der Waals surface area contributed by atoms with Crippen molar-refractivity contribution in [3.8, 4) is 0 Å². The van der Waals surface area contributed by atoms with Gasteiger partial charge in [-0.3, -0.25) is 0 Å². The molecular weight excluding hydrogens is 138 g/mol. The first-order valence-electron chi connectivity index (χ1n) is 3.61. The molecule has 0 bridgehead atoms. The van der Waals surface area contributed by atoms with Crippen LogP contribution in [0.5, 0.6) is 0 Å². The van der Waals surface area contributed by atoms with Crippen LogP contribution < -0.4 is 0 Å². The van der Waals surface area contributed by atoms with Crippen molar-refractivity contribution in [1.82, 2.24) is 0 Å². The zero-order chi connectivity index (χ0) is 7.78. The molecule has 2 atom stereocenters. The normalized spacial score (nSPS) is 38.4. The van der Waals surface area contributed by atoms with Crippen LogP contribution in [0.1, 0.15) is 26.2 Å². The molecule has 1 N–H and O–H groups in total. The quantitative estimate of drug-likeness (QED) is 0.604. The van der Waals surface area contributed by atoms with Crippen molar-refractivity contribution >= 4 is 0 Å². The van der Waals surface area contributed by atoms with Gasteiger partial charge in [-0.25, -0.2) is 8.78 Å². The smallest absolute Gasteiger partial charge is 0.251 e. The summed E-state index contributed by atoms with van der Waals surface area (Å²) in [6.45, 7) is 1.83. The Morgan fingerprint density at radius 2 is 2.10 bits per heavy atom. The lowest BCUT2D eigenvalue weighted by molar-refractivity contribution is -0.00388. The number of alkyl halides is 2. The Morgan fingerprint density at radius 1 is 1.50 bits per heavy atom. The first-order chi connectivity index (χ1) is 4.55. The Balaban J connectivity index is 2.52. The molecule has 3 heteroatoms. The second-order valence-electron chi connectivity index (χ2n) is 3.00. The molecule has 1 aliphatic rings. The van der Waals surface area contributed by atoms with E-state index in [4.69, 9.17) is 5.11 Å². The van der Waals surface area contributed by atoms with Crippen LogP contribution in [-0.2, 0) is 0 Å². The summed E-state index contributed by atoms with van der Waals surface area (Å²) in [7, 11) is 0. The van der Waals surface area contributed by atoms with Gasteiger partial charge in [0.15, 0.2) is 0 Å². The van der Waals surface area contributed by atoms with Gasteiger partial charge in [-0.1, -0.05) is 13.3 Å². The minimum Gasteiger partial charge on any atom is -0.393 e. The second kappa shape index (κ2) is 2.46. The number of aliphatic hydroxyl groups is 1. The fraction of sp³-hybridized carbons (Fsp3) is 1.00. The predicted molar refractivity (Wildman–Crippen MR) is 34.0 cm³/mol. The van der Waals surface area contributed by atoms with Crippen molar-refractivity contribution in [3.05, 3.63) is 0 Å². The SMILES string of the molecule is CC[C@H]1CC(F)(F)C[C@@H]1O. The third kappa shape index (κ3) is 1.45. The summed E-state index contributed by atoms with van der Waals surface area (Å²) in [4.78, 5) is 0. The van der Waals surface area contributed by atoms with E-state index in [0.717, 1.165) is 0 Å². The summed E-state index contributed by atoms with van der Waals surface area (Å²) in [5.41, 5.74) is 0. The van der Waals surface area contributed by atoms with Crippen LogP contribution >= 0.6 is 0 Å². The zero-order valence-electron chi connectivity index (χ0n) is 5.98. The highest BCUT2D eigenvalue weighted by Crippen LogP contribution is 2.40. The second-order valence-corrected chi connectivity index (χ2v) is 3.00. The number of hydrogen-bond donors (Lipinski definition) is 1. The Morgan fingerprint density at radius 3 is 2.30 bits per heavy atom. The van der Waals surface area contributed by atoms with Gasteiger partial charge in [0.05, 0.1) is 6.10 Å². The van der Waals surface area contributed by atoms with E-state index in [2.05, 4.69) is 0 Å². The van der Waals surface area contributed by atoms with Crippen LogP contribution in [0.4, 0.5) is 8.78 Å². The molecule has 0 saturated heterocycles. The molecule has 10 heavy (non-hydrogen) atoms. The number of aliphatic hydroxyl groups excluding tert-OH is 1. The van der Waals surface area contributed by atoms with Gasteiger partial charge in [0.2, 0.25) is 0 Å². The van der Waals surface area contributed by atoms with Crippen molar-refractivity contribution in [3.63, 3.8) is 0 Å². The molecule has 0 aromatic heterocycles. The minimum atomic E-state index is -2.61. The zero-order valence-corrected chi connectivity index (χ0v) is 5.98. The lowest BCUT2D eigenvalue weighted by atomic mass is 10.0. The fourth-order valence-corrected chi connectivity index (χ4v) is 1.49. The summed E-state index contributed by atoms with van der Waals surface area (Å²) in [6.07, 6.45) is -0.604. The molecule has 1 saturated carbocycles. The summed E-state index contributed by atoms with van der Waals surface area (Å²) < 4.78 is 24.9. The summed E-state index contributed by atoms with van der Waals surface area (Å²) >= 11 is 0. The maximum absolute atomic E-state index is 12.5. The Bertz CT molecular complexity index is 125. The van der Waals surface area contributed by atoms with Gasteiger partial charge in [0, 0.05) is 12.8 Å². The van der Waals surface area contributed by atoms with Gasteiger partial charge >= 0.3 is 0 Å². The molecule has 60 valence electrons. The molecule has 1 aliphatic carbocycles. The molecule has 0 aliphatic heterocycles. The number of hydrogen-bond acceptors (Lipinski definition) is 1. The highest BCUT2D eigenvalue weighted by molar-refractivity contribution is 4.87. The van der Waals surface area contributed by atoms with Crippen molar-refractivity contribution < 1.29 is 13.9 Å². The summed E-state index contributed by atoms with van der Waals surface area (Å²) in [5, 5.41) is 9.04. The Kier molecular flexibility index (Phi) is 1.95. The predicted octanol–water partition coefficient (Wildman–Crippen LogP) is 1.80. The summed E-state index contributed by atoms with van der Waals surface area (Å²) in [5.74, 6) is -2.80. The van der Waals surface area contributed by atoms with E-state index in [9.17, 15) is 8.78 Å². The maximum atomic E-state index is 12.5. The third-order valence-electron chi connectivity index (χ3n) is 2.14. The molecule has 0 spiro atoms. The van der Waals surface area contributed by atoms with Gasteiger partial charge in [0.1, 0.15) is 0 Å². The molecular formula is C7H12F2O. The van der Waals surface area contributed by atoms with Crippen molar-refractivity contribution in [2.24, 2.45) is 5.92 Å². The molecule has 1 fully saturated rings. The van der Waals surface area contributed by atoms with Crippen molar-refractivity contribution in [1.29, 1.82) is 0 Å². The van der Waals surface area contributed by atoms with Gasteiger partial charge in [0.25, 0.3) is 5.92 Å². The third-order valence-corrected chi connectivity index (χ3v) is 2.14. The standard InChI is InChI=1S/C7H12F2O/c1-2-5-3-7(8,9)4-6(5)10/h5-6,10H,2-4H2,1H3/t5-,6-/m0/s1. The Labute approximate surface area is 59.0 Å². The lowest BCUT2D eigenvalue weighted by Gasteiger charge is -2.08. The molecule has 0 unspecified atom stereocenters. The van der Waals surface area contributed by atoms with Crippen LogP contribution in [0.25, 0.3) is 0 Å². The molecule has 0 heterocycles. The van der Waals surface area contributed by atoms with E-state index < -0.39 is 12.0 Å². The fourth-order valence-electron chi connectivity index (χ4n) is 1.49. The van der Waals surface area contributed by atoms with Gasteiger partial charge < -0.3 is 5.11 Å². The summed E-state index contributed by atoms with van der Waals surface area (Å²) in [6, 6.07) is 0. The van der Waals surface area contributed by atoms with E-state index in [0.29, 0.717) is 6.42 Å². The van der Waals surface area contributed by atoms with E-state index in [-0.39, 0.29) is 18.8 Å². The largest absolute Gasteiger partial charge is 0.393 e. The van der Waals surface area contributed by atoms with Crippen LogP contribution in [0.15, 0.2) is 0 Å². The van der Waals surface area contributed by atoms with Gasteiger partial charge in [-0.15, -0.1) is 0 Å². The average Bonchev–Trinajstić information content (AvgIpc) is 2.05. The number of rotatable bonds is 1. The van der Waals surface area contributed by atoms with Crippen LogP contribution in [-0.4, -0.2) is 17.1 Å². The van der Waals surface area contributed by atoms with E-state index >= 15 is 0 Å². The highest BCUT2D eigenvalue weighted by Gasteiger charge is 2.44. The first-order valence-corrected chi connectivity index (χ1v) is 3.61. The van der Waals surface area contributed by atoms with E-state index in [1.54, 1.807) is 0 Å². The average molecular weight is 150 g/mol. The Hall–Kier alpha value is -0.180. The maximum Gasteiger partial charge on any atom is 0.251 e. The van der Waals surface area contributed by atoms with Crippen LogP contribution in [0, 0.1) is 5.92 Å². The number of halogens is 2. The topological polar surface area (TPSA) is 20.2 Å². The lowest BCUT2D eigenvalue weighted by Crippen LogP contribution is -2.12. The molecule has 1 nitrogen and oxygen atoms in total. The first kappa shape index (κ1) is 7.92. The highest BCUT2D eigenvalue weighted by atomic mass is 19.3. The van der Waals surface area contributed by atoms with Crippen molar-refractivity contribution in [2.45, 2.75) is 38.2 Å². The molecule has 1 rings (SSSR count). The van der Waals surface area contributed by atoms with Crippen LogP contribution in [0.3, 0.4) is 0 Å². The minimum absolute atomic E-state index is 0.134. The van der Waals surface area contributed by atoms with Gasteiger partial charge in [-0.2, -0.15) is 0 Å².